The van der Waals surface area contributed by atoms with Crippen LogP contribution in [0.5, 0.6) is 17.2 Å². The number of rotatable bonds is 12. The fraction of sp³-hybridized carbons (Fsp3) is 0.333. The molecule has 1 aliphatic heterocycles. The zero-order chi connectivity index (χ0) is 24.8. The number of nitrogens with zero attached hydrogens (tertiary/aromatic N) is 2. The number of carbonyl (C=O) groups is 1. The highest BCUT2D eigenvalue weighted by molar-refractivity contribution is 6.00. The van der Waals surface area contributed by atoms with E-state index < -0.39 is 6.04 Å². The van der Waals surface area contributed by atoms with E-state index in [1.54, 1.807) is 24.3 Å². The molecule has 2 N–H and O–H groups in total. The van der Waals surface area contributed by atoms with E-state index in [4.69, 9.17) is 14.2 Å². The maximum absolute atomic E-state index is 13.5. The summed E-state index contributed by atoms with van der Waals surface area (Å²) in [6.07, 6.45) is 2.37. The molecule has 1 amide bonds. The lowest BCUT2D eigenvalue weighted by molar-refractivity contribution is 0.0710. The van der Waals surface area contributed by atoms with E-state index in [0.717, 1.165) is 11.1 Å². The van der Waals surface area contributed by atoms with Gasteiger partial charge in [-0.25, -0.2) is 0 Å². The lowest BCUT2D eigenvalue weighted by Gasteiger charge is -2.27. The van der Waals surface area contributed by atoms with Crippen LogP contribution in [-0.4, -0.2) is 59.1 Å². The van der Waals surface area contributed by atoms with Gasteiger partial charge in [0.05, 0.1) is 12.6 Å². The van der Waals surface area contributed by atoms with E-state index >= 15 is 0 Å². The molecule has 0 spiro atoms. The molecule has 3 aromatic rings. The second kappa shape index (κ2) is 11.1. The second-order valence-corrected chi connectivity index (χ2v) is 8.07. The molecule has 1 aliphatic rings. The first-order valence-corrected chi connectivity index (χ1v) is 11.9. The summed E-state index contributed by atoms with van der Waals surface area (Å²) >= 11 is 0. The number of H-pyrrole nitrogens is 1. The fourth-order valence-electron chi connectivity index (χ4n) is 4.37. The van der Waals surface area contributed by atoms with Crippen molar-refractivity contribution in [3.63, 3.8) is 0 Å². The van der Waals surface area contributed by atoms with Crippen molar-refractivity contribution in [2.75, 3.05) is 33.0 Å². The van der Waals surface area contributed by atoms with Crippen LogP contribution < -0.4 is 9.47 Å². The average molecular weight is 478 g/mol. The van der Waals surface area contributed by atoms with Crippen LogP contribution in [0.15, 0.2) is 55.1 Å². The van der Waals surface area contributed by atoms with Crippen LogP contribution in [0.2, 0.25) is 0 Å². The zero-order valence-corrected chi connectivity index (χ0v) is 20.1. The Morgan fingerprint density at radius 2 is 1.97 bits per heavy atom. The highest BCUT2D eigenvalue weighted by Crippen LogP contribution is 2.45. The summed E-state index contributed by atoms with van der Waals surface area (Å²) in [6.45, 7) is 10.1. The van der Waals surface area contributed by atoms with E-state index in [2.05, 4.69) is 16.8 Å². The van der Waals surface area contributed by atoms with Gasteiger partial charge in [0.2, 0.25) is 0 Å². The number of phenolic OH excluding ortho intramolecular Hbond substituents is 1. The molecule has 0 saturated heterocycles. The minimum Gasteiger partial charge on any atom is -0.507 e. The van der Waals surface area contributed by atoms with Crippen molar-refractivity contribution >= 4 is 5.91 Å². The maximum atomic E-state index is 13.5. The number of aromatic nitrogens is 2. The van der Waals surface area contributed by atoms with Gasteiger partial charge in [0.15, 0.2) is 11.5 Å². The summed E-state index contributed by atoms with van der Waals surface area (Å²) in [5.74, 6) is 1.16. The van der Waals surface area contributed by atoms with Gasteiger partial charge in [-0.1, -0.05) is 30.9 Å². The standard InChI is InChI=1S/C27H31N3O5/c1-4-15-35-21-13-12-18(17-22(21)34-6-3)26-23-24(19-10-7-8-11-20(19)31)28-29-25(23)27(32)30(26)14-9-16-33-5-2/h4,7-8,10-13,17,26,31H,1,5-6,9,14-16H2,2-3H3,(H,28,29)/t26-/m1/s1. The summed E-state index contributed by atoms with van der Waals surface area (Å²) in [5.41, 5.74) is 3.13. The normalized spacial score (nSPS) is 14.7. The van der Waals surface area contributed by atoms with E-state index in [9.17, 15) is 9.90 Å². The number of benzene rings is 2. The van der Waals surface area contributed by atoms with Gasteiger partial charge in [0, 0.05) is 30.9 Å². The summed E-state index contributed by atoms with van der Waals surface area (Å²) in [6, 6.07) is 12.3. The van der Waals surface area contributed by atoms with Crippen molar-refractivity contribution in [1.82, 2.24) is 15.1 Å². The van der Waals surface area contributed by atoms with Crippen LogP contribution in [-0.2, 0) is 4.74 Å². The Morgan fingerprint density at radius 3 is 2.71 bits per heavy atom. The number of ether oxygens (including phenoxy) is 3. The first-order chi connectivity index (χ1) is 17.1. The van der Waals surface area contributed by atoms with E-state index in [0.29, 0.717) is 67.8 Å². The number of carbonyl (C=O) groups excluding carboxylic acids is 1. The summed E-state index contributed by atoms with van der Waals surface area (Å²) in [7, 11) is 0. The molecule has 1 atom stereocenters. The lowest BCUT2D eigenvalue weighted by atomic mass is 9.95. The molecule has 0 saturated carbocycles. The average Bonchev–Trinajstić information content (AvgIpc) is 3.40. The number of nitrogens with one attached hydrogen (secondary N) is 1. The number of hydrogen-bond donors (Lipinski definition) is 2. The van der Waals surface area contributed by atoms with Gasteiger partial charge in [0.25, 0.3) is 5.91 Å². The Hall–Kier alpha value is -3.78. The fourth-order valence-corrected chi connectivity index (χ4v) is 4.37. The van der Waals surface area contributed by atoms with Crippen LogP contribution in [0, 0.1) is 0 Å². The van der Waals surface area contributed by atoms with Crippen molar-refractivity contribution in [3.05, 3.63) is 71.9 Å². The highest BCUT2D eigenvalue weighted by Gasteiger charge is 2.42. The molecule has 0 radical (unpaired) electrons. The quantitative estimate of drug-likeness (QED) is 0.289. The van der Waals surface area contributed by atoms with Gasteiger partial charge in [-0.3, -0.25) is 9.89 Å². The minimum absolute atomic E-state index is 0.103. The van der Waals surface area contributed by atoms with E-state index in [-0.39, 0.29) is 11.7 Å². The van der Waals surface area contributed by atoms with Gasteiger partial charge in [-0.2, -0.15) is 5.10 Å². The third kappa shape index (κ3) is 4.88. The largest absolute Gasteiger partial charge is 0.507 e. The van der Waals surface area contributed by atoms with Gasteiger partial charge in [-0.05, 0) is 50.1 Å². The van der Waals surface area contributed by atoms with Crippen LogP contribution in [0.3, 0.4) is 0 Å². The molecule has 0 aliphatic carbocycles. The van der Waals surface area contributed by atoms with E-state index in [1.165, 1.54) is 0 Å². The van der Waals surface area contributed by atoms with Crippen LogP contribution in [0.1, 0.15) is 47.9 Å². The topological polar surface area (TPSA) is 96.9 Å². The third-order valence-electron chi connectivity index (χ3n) is 5.85. The molecule has 35 heavy (non-hydrogen) atoms. The Kier molecular flexibility index (Phi) is 7.72. The van der Waals surface area contributed by atoms with Crippen molar-refractivity contribution < 1.29 is 24.1 Å². The summed E-state index contributed by atoms with van der Waals surface area (Å²) in [5, 5.41) is 17.9. The number of hydrogen-bond acceptors (Lipinski definition) is 6. The molecule has 2 heterocycles. The summed E-state index contributed by atoms with van der Waals surface area (Å²) < 4.78 is 17.1. The molecule has 0 unspecified atom stereocenters. The number of fused-ring (bicyclic) bond motifs is 1. The Balaban J connectivity index is 1.80. The predicted molar refractivity (Wildman–Crippen MR) is 133 cm³/mol. The van der Waals surface area contributed by atoms with Crippen molar-refractivity contribution in [3.8, 4) is 28.5 Å². The van der Waals surface area contributed by atoms with Gasteiger partial charge < -0.3 is 24.2 Å². The number of para-hydroxylation sites is 1. The molecule has 8 nitrogen and oxygen atoms in total. The second-order valence-electron chi connectivity index (χ2n) is 8.07. The smallest absolute Gasteiger partial charge is 0.273 e. The molecule has 2 aromatic carbocycles. The van der Waals surface area contributed by atoms with Crippen molar-refractivity contribution in [2.45, 2.75) is 26.3 Å². The molecule has 8 heteroatoms. The Labute approximate surface area is 205 Å². The Bertz CT molecular complexity index is 1190. The number of phenols is 1. The molecule has 0 bridgehead atoms. The minimum atomic E-state index is -0.417. The van der Waals surface area contributed by atoms with Crippen LogP contribution in [0.25, 0.3) is 11.3 Å². The first-order valence-electron chi connectivity index (χ1n) is 11.9. The van der Waals surface area contributed by atoms with Crippen LogP contribution >= 0.6 is 0 Å². The molecular weight excluding hydrogens is 446 g/mol. The third-order valence-corrected chi connectivity index (χ3v) is 5.85. The predicted octanol–water partition coefficient (Wildman–Crippen LogP) is 4.72. The number of amides is 1. The lowest BCUT2D eigenvalue weighted by Crippen LogP contribution is -2.31. The van der Waals surface area contributed by atoms with Gasteiger partial charge >= 0.3 is 0 Å². The molecule has 4 rings (SSSR count). The molecule has 0 fully saturated rings. The van der Waals surface area contributed by atoms with Crippen molar-refractivity contribution in [2.24, 2.45) is 0 Å². The van der Waals surface area contributed by atoms with E-state index in [1.807, 2.05) is 43.0 Å². The molecule has 1 aromatic heterocycles. The Morgan fingerprint density at radius 1 is 1.14 bits per heavy atom. The zero-order valence-electron chi connectivity index (χ0n) is 20.1. The first kappa shape index (κ1) is 24.3. The highest BCUT2D eigenvalue weighted by atomic mass is 16.5. The number of aromatic amines is 1. The summed E-state index contributed by atoms with van der Waals surface area (Å²) in [4.78, 5) is 15.3. The monoisotopic (exact) mass is 477 g/mol. The van der Waals surface area contributed by atoms with Gasteiger partial charge in [-0.15, -0.1) is 0 Å². The van der Waals surface area contributed by atoms with Crippen LogP contribution in [0.4, 0.5) is 0 Å². The van der Waals surface area contributed by atoms with Crippen molar-refractivity contribution in [1.29, 1.82) is 0 Å². The maximum Gasteiger partial charge on any atom is 0.273 e. The molecule has 184 valence electrons. The van der Waals surface area contributed by atoms with Gasteiger partial charge in [0.1, 0.15) is 23.7 Å². The molecular formula is C27H31N3O5. The number of aromatic hydroxyl groups is 1. The SMILES string of the molecule is C=CCOc1ccc([C@@H]2c3c(-c4ccccc4O)n[nH]c3C(=O)N2CCCOCC)cc1OCC.